The number of hydrogen-bond acceptors (Lipinski definition) is 3. The maximum atomic E-state index is 13.2. The Bertz CT molecular complexity index is 1110. The normalized spacial score (nSPS) is 18.7. The molecule has 2 amide bonds. The predicted octanol–water partition coefficient (Wildman–Crippen LogP) is 4.78. The monoisotopic (exact) mass is 401 g/mol. The quantitative estimate of drug-likeness (QED) is 0.687. The number of carbonyl (C=O) groups excluding carboxylic acids is 2. The minimum atomic E-state index is -0.878. The molecule has 5 heteroatoms. The predicted molar refractivity (Wildman–Crippen MR) is 120 cm³/mol. The van der Waals surface area contributed by atoms with E-state index in [0.717, 1.165) is 10.9 Å². The van der Waals surface area contributed by atoms with E-state index in [0.29, 0.717) is 24.2 Å². The molecule has 3 aromatic rings. The highest BCUT2D eigenvalue weighted by Gasteiger charge is 2.49. The third-order valence-electron chi connectivity index (χ3n) is 6.03. The standard InChI is InChI=1S/C25H27N3O2/c1-24(2,3)19-12-10-18(11-13-19)22(29)28-16-14-25(28,4)23(30)27-20-9-5-7-17-8-6-15-26-21(17)20/h5-13,15H,14,16H2,1-4H3,(H,27,30). The first-order chi connectivity index (χ1) is 14.2. The van der Waals surface area contributed by atoms with Crippen LogP contribution in [0.4, 0.5) is 5.69 Å². The van der Waals surface area contributed by atoms with E-state index in [-0.39, 0.29) is 17.2 Å². The smallest absolute Gasteiger partial charge is 0.254 e. The highest BCUT2D eigenvalue weighted by Crippen LogP contribution is 2.34. The molecule has 2 heterocycles. The highest BCUT2D eigenvalue weighted by atomic mass is 16.2. The van der Waals surface area contributed by atoms with Gasteiger partial charge in [-0.05, 0) is 48.6 Å². The number of anilines is 1. The number of aromatic nitrogens is 1. The summed E-state index contributed by atoms with van der Waals surface area (Å²) in [5, 5.41) is 3.96. The summed E-state index contributed by atoms with van der Waals surface area (Å²) in [5.41, 5.74) is 2.33. The fraction of sp³-hybridized carbons (Fsp3) is 0.320. The molecule has 30 heavy (non-hydrogen) atoms. The fourth-order valence-electron chi connectivity index (χ4n) is 3.85. The molecule has 1 aliphatic rings. The number of para-hydroxylation sites is 1. The van der Waals surface area contributed by atoms with Crippen molar-refractivity contribution < 1.29 is 9.59 Å². The molecule has 1 unspecified atom stereocenters. The minimum absolute atomic E-state index is 0.0270. The van der Waals surface area contributed by atoms with Crippen molar-refractivity contribution >= 4 is 28.4 Å². The number of nitrogens with one attached hydrogen (secondary N) is 1. The number of pyridine rings is 1. The number of likely N-dealkylation sites (tertiary alicyclic amines) is 1. The molecule has 0 radical (unpaired) electrons. The van der Waals surface area contributed by atoms with E-state index >= 15 is 0 Å². The molecule has 5 nitrogen and oxygen atoms in total. The third-order valence-corrected chi connectivity index (χ3v) is 6.03. The lowest BCUT2D eigenvalue weighted by molar-refractivity contribution is -0.132. The Hall–Kier alpha value is -3.21. The number of rotatable bonds is 3. The van der Waals surface area contributed by atoms with Gasteiger partial charge < -0.3 is 10.2 Å². The molecular formula is C25H27N3O2. The average molecular weight is 402 g/mol. The van der Waals surface area contributed by atoms with Gasteiger partial charge >= 0.3 is 0 Å². The molecule has 154 valence electrons. The molecular weight excluding hydrogens is 374 g/mol. The first-order valence-electron chi connectivity index (χ1n) is 10.3. The number of nitrogens with zero attached hydrogens (tertiary/aromatic N) is 2. The summed E-state index contributed by atoms with van der Waals surface area (Å²) in [5.74, 6) is -0.304. The van der Waals surface area contributed by atoms with Crippen LogP contribution in [0.5, 0.6) is 0 Å². The zero-order valence-electron chi connectivity index (χ0n) is 17.9. The van der Waals surface area contributed by atoms with Crippen LogP contribution in [-0.4, -0.2) is 33.8 Å². The van der Waals surface area contributed by atoms with E-state index in [4.69, 9.17) is 0 Å². The molecule has 1 aromatic heterocycles. The first-order valence-corrected chi connectivity index (χ1v) is 10.3. The van der Waals surface area contributed by atoms with E-state index in [9.17, 15) is 9.59 Å². The maximum absolute atomic E-state index is 13.2. The Morgan fingerprint density at radius 1 is 1.03 bits per heavy atom. The molecule has 0 spiro atoms. The van der Waals surface area contributed by atoms with Crippen LogP contribution in [0, 0.1) is 0 Å². The minimum Gasteiger partial charge on any atom is -0.324 e. The van der Waals surface area contributed by atoms with Crippen LogP contribution in [0.2, 0.25) is 0 Å². The van der Waals surface area contributed by atoms with Gasteiger partial charge in [-0.25, -0.2) is 0 Å². The largest absolute Gasteiger partial charge is 0.324 e. The van der Waals surface area contributed by atoms with E-state index in [1.165, 1.54) is 5.56 Å². The van der Waals surface area contributed by atoms with Gasteiger partial charge in [0.15, 0.2) is 0 Å². The van der Waals surface area contributed by atoms with Crippen molar-refractivity contribution in [3.63, 3.8) is 0 Å². The summed E-state index contributed by atoms with van der Waals surface area (Å²) in [4.78, 5) is 32.3. The van der Waals surface area contributed by atoms with Gasteiger partial charge in [-0.3, -0.25) is 14.6 Å². The maximum Gasteiger partial charge on any atom is 0.254 e. The molecule has 1 atom stereocenters. The summed E-state index contributed by atoms with van der Waals surface area (Å²) in [6, 6.07) is 17.2. The average Bonchev–Trinajstić information content (AvgIpc) is 2.72. The fourth-order valence-corrected chi connectivity index (χ4v) is 3.85. The van der Waals surface area contributed by atoms with Gasteiger partial charge in [-0.2, -0.15) is 0 Å². The number of benzene rings is 2. The van der Waals surface area contributed by atoms with Gasteiger partial charge in [0, 0.05) is 23.7 Å². The first kappa shape index (κ1) is 20.1. The van der Waals surface area contributed by atoms with Crippen LogP contribution in [-0.2, 0) is 10.2 Å². The second kappa shape index (κ2) is 7.24. The Morgan fingerprint density at radius 3 is 2.37 bits per heavy atom. The summed E-state index contributed by atoms with van der Waals surface area (Å²) < 4.78 is 0. The Kier molecular flexibility index (Phi) is 4.85. The van der Waals surface area contributed by atoms with Crippen LogP contribution < -0.4 is 5.32 Å². The van der Waals surface area contributed by atoms with E-state index < -0.39 is 5.54 Å². The van der Waals surface area contributed by atoms with Gasteiger partial charge in [0.05, 0.1) is 11.2 Å². The molecule has 4 rings (SSSR count). The van der Waals surface area contributed by atoms with Crippen molar-refractivity contribution in [3.8, 4) is 0 Å². The van der Waals surface area contributed by atoms with Gasteiger partial charge in [0.25, 0.3) is 5.91 Å². The van der Waals surface area contributed by atoms with Crippen molar-refractivity contribution in [1.82, 2.24) is 9.88 Å². The van der Waals surface area contributed by atoms with Gasteiger partial charge in [-0.1, -0.05) is 51.1 Å². The third kappa shape index (κ3) is 3.45. The molecule has 1 N–H and O–H groups in total. The lowest BCUT2D eigenvalue weighted by Crippen LogP contribution is -2.66. The SMILES string of the molecule is CC(C)(C)c1ccc(C(=O)N2CCC2(C)C(=O)Nc2cccc3cccnc23)cc1. The van der Waals surface area contributed by atoms with Crippen LogP contribution in [0.3, 0.4) is 0 Å². The van der Waals surface area contributed by atoms with Crippen molar-refractivity contribution in [1.29, 1.82) is 0 Å². The van der Waals surface area contributed by atoms with E-state index in [2.05, 4.69) is 31.1 Å². The highest BCUT2D eigenvalue weighted by molar-refractivity contribution is 6.07. The summed E-state index contributed by atoms with van der Waals surface area (Å²) in [6.45, 7) is 8.82. The van der Waals surface area contributed by atoms with Crippen LogP contribution in [0.25, 0.3) is 10.9 Å². The second-order valence-corrected chi connectivity index (χ2v) is 9.14. The van der Waals surface area contributed by atoms with Crippen LogP contribution >= 0.6 is 0 Å². The lowest BCUT2D eigenvalue weighted by atomic mass is 9.84. The number of amides is 2. The molecule has 0 saturated carbocycles. The summed E-state index contributed by atoms with van der Waals surface area (Å²) in [7, 11) is 0. The Labute approximate surface area is 177 Å². The second-order valence-electron chi connectivity index (χ2n) is 9.14. The molecule has 1 fully saturated rings. The lowest BCUT2D eigenvalue weighted by Gasteiger charge is -2.49. The Morgan fingerprint density at radius 2 is 1.73 bits per heavy atom. The van der Waals surface area contributed by atoms with Crippen molar-refractivity contribution in [2.24, 2.45) is 0 Å². The van der Waals surface area contributed by atoms with E-state index in [1.54, 1.807) is 11.1 Å². The number of fused-ring (bicyclic) bond motifs is 1. The van der Waals surface area contributed by atoms with Crippen molar-refractivity contribution in [3.05, 3.63) is 71.9 Å². The molecule has 0 aliphatic carbocycles. The van der Waals surface area contributed by atoms with Gasteiger partial charge in [0.2, 0.25) is 5.91 Å². The molecule has 2 aromatic carbocycles. The topological polar surface area (TPSA) is 62.3 Å². The zero-order chi connectivity index (χ0) is 21.5. The van der Waals surface area contributed by atoms with Gasteiger partial charge in [-0.15, -0.1) is 0 Å². The zero-order valence-corrected chi connectivity index (χ0v) is 17.9. The van der Waals surface area contributed by atoms with Gasteiger partial charge in [0.1, 0.15) is 5.54 Å². The van der Waals surface area contributed by atoms with Crippen molar-refractivity contribution in [2.75, 3.05) is 11.9 Å². The van der Waals surface area contributed by atoms with Crippen LogP contribution in [0.15, 0.2) is 60.8 Å². The van der Waals surface area contributed by atoms with Crippen molar-refractivity contribution in [2.45, 2.75) is 45.1 Å². The number of hydrogen-bond donors (Lipinski definition) is 1. The summed E-state index contributed by atoms with van der Waals surface area (Å²) >= 11 is 0. The van der Waals surface area contributed by atoms with Crippen LogP contribution in [0.1, 0.15) is 50.0 Å². The number of carbonyl (C=O) groups is 2. The molecule has 1 aliphatic heterocycles. The molecule has 1 saturated heterocycles. The Balaban J connectivity index is 1.54. The summed E-state index contributed by atoms with van der Waals surface area (Å²) in [6.07, 6.45) is 2.34. The molecule has 0 bridgehead atoms. The van der Waals surface area contributed by atoms with E-state index in [1.807, 2.05) is 61.5 Å².